The van der Waals surface area contributed by atoms with Crippen LogP contribution in [0.5, 0.6) is 0 Å². The topological polar surface area (TPSA) is 121 Å². The number of ether oxygens (including phenoxy) is 1. The van der Waals surface area contributed by atoms with E-state index in [1.165, 1.54) is 4.31 Å². The summed E-state index contributed by atoms with van der Waals surface area (Å²) in [4.78, 5) is 12.2. The molecule has 0 radical (unpaired) electrons. The van der Waals surface area contributed by atoms with Crippen LogP contribution in [0.3, 0.4) is 0 Å². The van der Waals surface area contributed by atoms with Crippen LogP contribution in [-0.2, 0) is 35.1 Å². The summed E-state index contributed by atoms with van der Waals surface area (Å²) in [7, 11) is -7.69. The van der Waals surface area contributed by atoms with Crippen LogP contribution in [0.2, 0.25) is 0 Å². The van der Waals surface area contributed by atoms with Crippen LogP contribution in [0, 0.1) is 5.92 Å². The Bertz CT molecular complexity index is 1180. The number of unbranched alkanes of at least 4 members (excludes halogenated alkanes) is 1. The maximum atomic E-state index is 13.4. The number of carbonyl (C=O) groups is 1. The largest absolute Gasteiger partial charge is 0.466 e. The minimum absolute atomic E-state index is 0.231. The van der Waals surface area contributed by atoms with E-state index < -0.39 is 20.1 Å². The van der Waals surface area contributed by atoms with Gasteiger partial charge in [0.2, 0.25) is 15.7 Å². The molecule has 0 atom stereocenters. The molecule has 9 nitrogen and oxygen atoms in total. The summed E-state index contributed by atoms with van der Waals surface area (Å²) in [6.45, 7) is 9.28. The molecule has 1 aromatic rings. The summed E-state index contributed by atoms with van der Waals surface area (Å²) in [6, 6.07) is 5.17. The average Bonchev–Trinajstić information content (AvgIpc) is 2.96. The number of hydrogen-bond donors (Lipinski definition) is 1. The number of piperidine rings is 1. The lowest BCUT2D eigenvalue weighted by molar-refractivity contribution is -0.439. The molecule has 1 N–H and O–H groups in total. The maximum absolute atomic E-state index is 13.4. The molecule has 0 aliphatic carbocycles. The average molecular weight is 516 g/mol. The van der Waals surface area contributed by atoms with Crippen molar-refractivity contribution in [1.82, 2.24) is 4.31 Å². The fraction of sp³-hybridized carbons (Fsp3) is 0.652. The third-order valence-electron chi connectivity index (χ3n) is 6.99. The summed E-state index contributed by atoms with van der Waals surface area (Å²) >= 11 is 0. The third-order valence-corrected chi connectivity index (χ3v) is 9.69. The van der Waals surface area contributed by atoms with Crippen molar-refractivity contribution >= 4 is 37.5 Å². The Balaban J connectivity index is 1.77. The number of nitrogens with zero attached hydrogens (tertiary/aromatic N) is 2. The molecule has 0 bridgehead atoms. The molecular weight excluding hydrogens is 480 g/mol. The first kappa shape index (κ1) is 26.8. The Morgan fingerprint density at radius 3 is 2.41 bits per heavy atom. The molecule has 2 heterocycles. The van der Waals surface area contributed by atoms with E-state index in [9.17, 15) is 21.6 Å². The molecule has 1 fully saturated rings. The normalized spacial score (nSPS) is 19.3. The van der Waals surface area contributed by atoms with Gasteiger partial charge in [0.25, 0.3) is 10.1 Å². The van der Waals surface area contributed by atoms with Crippen molar-refractivity contribution in [3.8, 4) is 0 Å². The van der Waals surface area contributed by atoms with Gasteiger partial charge >= 0.3 is 5.97 Å². The highest BCUT2D eigenvalue weighted by Crippen LogP contribution is 2.41. The zero-order valence-electron chi connectivity index (χ0n) is 20.3. The molecule has 2 aliphatic rings. The SMILES string of the molecule is CCOC(=O)C1CCN(S(=O)(=O)c2ccc3c(c2)C(C)(C)C(C)=[N+]3CCCCS(=O)(=O)O)CC1. The van der Waals surface area contributed by atoms with Crippen LogP contribution < -0.4 is 0 Å². The van der Waals surface area contributed by atoms with Gasteiger partial charge in [-0.1, -0.05) is 0 Å². The Morgan fingerprint density at radius 2 is 1.82 bits per heavy atom. The molecule has 11 heteroatoms. The molecular formula is C23H35N2O7S2+. The summed E-state index contributed by atoms with van der Waals surface area (Å²) < 4.78 is 66.3. The quantitative estimate of drug-likeness (QED) is 0.232. The summed E-state index contributed by atoms with van der Waals surface area (Å²) in [5, 5.41) is 0. The second-order valence-electron chi connectivity index (χ2n) is 9.46. The van der Waals surface area contributed by atoms with Crippen LogP contribution in [0.15, 0.2) is 23.1 Å². The van der Waals surface area contributed by atoms with Gasteiger partial charge in [-0.3, -0.25) is 9.35 Å². The Hall–Kier alpha value is -1.82. The lowest BCUT2D eigenvalue weighted by atomic mass is 9.82. The van der Waals surface area contributed by atoms with E-state index in [1.54, 1.807) is 19.1 Å². The standard InChI is InChI=1S/C23H34N2O7S2/c1-5-32-22(26)18-10-13-24(14-11-18)34(30,31)19-8-9-21-20(16-19)23(3,4)17(2)25(21)12-6-7-15-33(27,28)29/h8-9,16,18H,5-7,10-15H2,1-4H3/p+1. The third kappa shape index (κ3) is 5.53. The van der Waals surface area contributed by atoms with Gasteiger partial charge in [0.05, 0.1) is 28.6 Å². The van der Waals surface area contributed by atoms with E-state index in [-0.39, 0.29) is 41.0 Å². The molecule has 0 amide bonds. The molecule has 1 aromatic carbocycles. The lowest BCUT2D eigenvalue weighted by Crippen LogP contribution is -2.40. The number of fused-ring (bicyclic) bond motifs is 1. The first-order valence-corrected chi connectivity index (χ1v) is 14.7. The van der Waals surface area contributed by atoms with Crippen molar-refractivity contribution in [2.75, 3.05) is 32.0 Å². The summed E-state index contributed by atoms with van der Waals surface area (Å²) in [5.74, 6) is -0.807. The molecule has 2 aliphatic heterocycles. The zero-order valence-corrected chi connectivity index (χ0v) is 21.9. The van der Waals surface area contributed by atoms with E-state index in [4.69, 9.17) is 9.29 Å². The molecule has 0 unspecified atom stereocenters. The van der Waals surface area contributed by atoms with Gasteiger partial charge in [0, 0.05) is 38.1 Å². The second kappa shape index (κ2) is 10.0. The summed E-state index contributed by atoms with van der Waals surface area (Å²) in [6.07, 6.45) is 1.80. The Kier molecular flexibility index (Phi) is 7.91. The van der Waals surface area contributed by atoms with Crippen LogP contribution in [-0.4, -0.2) is 73.9 Å². The number of sulfonamides is 1. The summed E-state index contributed by atoms with van der Waals surface area (Å²) in [5.41, 5.74) is 2.48. The lowest BCUT2D eigenvalue weighted by Gasteiger charge is -2.30. The molecule has 0 spiro atoms. The van der Waals surface area contributed by atoms with E-state index >= 15 is 0 Å². The first-order chi connectivity index (χ1) is 15.8. The van der Waals surface area contributed by atoms with Gasteiger partial charge in [0.15, 0.2) is 5.71 Å². The van der Waals surface area contributed by atoms with Crippen molar-refractivity contribution in [2.45, 2.75) is 63.7 Å². The van der Waals surface area contributed by atoms with E-state index in [1.807, 2.05) is 26.8 Å². The minimum Gasteiger partial charge on any atom is -0.466 e. The number of hydrogen-bond acceptors (Lipinski definition) is 6. The number of benzene rings is 1. The van der Waals surface area contributed by atoms with E-state index in [0.717, 1.165) is 17.0 Å². The smallest absolute Gasteiger partial charge is 0.309 e. The van der Waals surface area contributed by atoms with Crippen molar-refractivity contribution in [2.24, 2.45) is 5.92 Å². The molecule has 3 rings (SSSR count). The van der Waals surface area contributed by atoms with Gasteiger partial charge in [-0.15, -0.1) is 0 Å². The first-order valence-electron chi connectivity index (χ1n) is 11.7. The molecule has 34 heavy (non-hydrogen) atoms. The minimum atomic E-state index is -3.98. The predicted octanol–water partition coefficient (Wildman–Crippen LogP) is 2.71. The van der Waals surface area contributed by atoms with Crippen LogP contribution in [0.4, 0.5) is 5.69 Å². The highest BCUT2D eigenvalue weighted by molar-refractivity contribution is 7.89. The fourth-order valence-corrected chi connectivity index (χ4v) is 6.77. The van der Waals surface area contributed by atoms with Gasteiger partial charge in [0.1, 0.15) is 6.54 Å². The molecule has 1 saturated heterocycles. The molecule has 0 aromatic heterocycles. The van der Waals surface area contributed by atoms with Gasteiger partial charge in [-0.05, 0) is 52.2 Å². The maximum Gasteiger partial charge on any atom is 0.309 e. The van der Waals surface area contributed by atoms with Crippen molar-refractivity contribution in [1.29, 1.82) is 0 Å². The van der Waals surface area contributed by atoms with E-state index in [0.29, 0.717) is 38.8 Å². The second-order valence-corrected chi connectivity index (χ2v) is 13.0. The molecule has 190 valence electrons. The predicted molar refractivity (Wildman–Crippen MR) is 129 cm³/mol. The zero-order chi connectivity index (χ0) is 25.3. The van der Waals surface area contributed by atoms with Gasteiger partial charge in [-0.2, -0.15) is 17.3 Å². The Morgan fingerprint density at radius 1 is 1.18 bits per heavy atom. The number of esters is 1. The van der Waals surface area contributed by atoms with Crippen molar-refractivity contribution in [3.63, 3.8) is 0 Å². The highest BCUT2D eigenvalue weighted by atomic mass is 32.2. The molecule has 0 saturated carbocycles. The van der Waals surface area contributed by atoms with Crippen LogP contribution in [0.25, 0.3) is 0 Å². The van der Waals surface area contributed by atoms with Crippen molar-refractivity contribution in [3.05, 3.63) is 23.8 Å². The Labute approximate surface area is 202 Å². The monoisotopic (exact) mass is 515 g/mol. The van der Waals surface area contributed by atoms with Gasteiger partial charge in [-0.25, -0.2) is 8.42 Å². The van der Waals surface area contributed by atoms with Crippen LogP contribution in [0.1, 0.15) is 58.9 Å². The highest BCUT2D eigenvalue weighted by Gasteiger charge is 2.44. The fourth-order valence-electron chi connectivity index (χ4n) is 4.71. The van der Waals surface area contributed by atoms with Crippen LogP contribution >= 0.6 is 0 Å². The van der Waals surface area contributed by atoms with E-state index in [2.05, 4.69) is 4.58 Å². The van der Waals surface area contributed by atoms with Crippen molar-refractivity contribution < 1.29 is 35.5 Å². The number of rotatable bonds is 9. The van der Waals surface area contributed by atoms with Gasteiger partial charge < -0.3 is 4.74 Å². The number of carbonyl (C=O) groups excluding carboxylic acids is 1.